The van der Waals surface area contributed by atoms with Crippen molar-refractivity contribution < 1.29 is 8.42 Å². The summed E-state index contributed by atoms with van der Waals surface area (Å²) >= 11 is 11.7. The Hall–Kier alpha value is -1.24. The molecule has 1 aromatic carbocycles. The van der Waals surface area contributed by atoms with Gasteiger partial charge in [-0.1, -0.05) is 44.0 Å². The highest BCUT2D eigenvalue weighted by Gasteiger charge is 2.22. The van der Waals surface area contributed by atoms with E-state index in [1.54, 1.807) is 6.07 Å². The first kappa shape index (κ1) is 16.1. The molecule has 8 heteroatoms. The molecule has 1 aromatic heterocycles. The second-order valence-electron chi connectivity index (χ2n) is 5.60. The van der Waals surface area contributed by atoms with Crippen molar-refractivity contribution in [3.63, 3.8) is 0 Å². The van der Waals surface area contributed by atoms with Crippen LogP contribution in [0.15, 0.2) is 29.2 Å². The molecule has 2 rings (SSSR count). The summed E-state index contributed by atoms with van der Waals surface area (Å²) in [7, 11) is -3.82. The molecular formula is C13H15Cl2N3O2S. The highest BCUT2D eigenvalue weighted by Crippen LogP contribution is 2.27. The van der Waals surface area contributed by atoms with Crippen LogP contribution in [-0.4, -0.2) is 18.6 Å². The fourth-order valence-electron chi connectivity index (χ4n) is 1.64. The molecule has 0 atom stereocenters. The molecule has 0 fully saturated rings. The van der Waals surface area contributed by atoms with Crippen molar-refractivity contribution in [2.24, 2.45) is 0 Å². The van der Waals surface area contributed by atoms with Gasteiger partial charge in [0.2, 0.25) is 0 Å². The maximum absolute atomic E-state index is 12.3. The summed E-state index contributed by atoms with van der Waals surface area (Å²) in [5.41, 5.74) is 0.664. The van der Waals surface area contributed by atoms with Crippen LogP contribution < -0.4 is 4.72 Å². The Kier molecular flexibility index (Phi) is 4.24. The fourth-order valence-corrected chi connectivity index (χ4v) is 3.41. The molecule has 0 aliphatic carbocycles. The first-order valence-corrected chi connectivity index (χ1v) is 8.37. The lowest BCUT2D eigenvalue weighted by molar-refractivity contribution is 0.567. The van der Waals surface area contributed by atoms with Gasteiger partial charge in [0.1, 0.15) is 4.90 Å². The Morgan fingerprint density at radius 1 is 1.19 bits per heavy atom. The van der Waals surface area contributed by atoms with Crippen molar-refractivity contribution in [1.29, 1.82) is 0 Å². The lowest BCUT2D eigenvalue weighted by atomic mass is 9.92. The molecule has 2 aromatic rings. The zero-order valence-corrected chi connectivity index (χ0v) is 14.1. The number of halogens is 2. The van der Waals surface area contributed by atoms with Crippen LogP contribution in [0.3, 0.4) is 0 Å². The van der Waals surface area contributed by atoms with Gasteiger partial charge in [0.15, 0.2) is 5.82 Å². The average molecular weight is 348 g/mol. The highest BCUT2D eigenvalue weighted by atomic mass is 35.5. The average Bonchev–Trinajstić information content (AvgIpc) is 2.75. The minimum Gasteiger partial charge on any atom is -0.280 e. The Morgan fingerprint density at radius 3 is 2.38 bits per heavy atom. The normalized spacial score (nSPS) is 12.4. The second kappa shape index (κ2) is 5.51. The third-order valence-corrected chi connectivity index (χ3v) is 4.88. The van der Waals surface area contributed by atoms with E-state index in [1.807, 2.05) is 20.8 Å². The molecule has 1 heterocycles. The third-order valence-electron chi connectivity index (χ3n) is 2.81. The monoisotopic (exact) mass is 347 g/mol. The summed E-state index contributed by atoms with van der Waals surface area (Å²) < 4.78 is 27.0. The van der Waals surface area contributed by atoms with Gasteiger partial charge in [0.25, 0.3) is 10.0 Å². The van der Waals surface area contributed by atoms with E-state index in [1.165, 1.54) is 18.2 Å². The summed E-state index contributed by atoms with van der Waals surface area (Å²) in [5, 5.41) is 7.19. The van der Waals surface area contributed by atoms with Crippen LogP contribution in [0.4, 0.5) is 5.82 Å². The minimum atomic E-state index is -3.82. The highest BCUT2D eigenvalue weighted by molar-refractivity contribution is 7.92. The van der Waals surface area contributed by atoms with E-state index >= 15 is 0 Å². The molecule has 0 saturated heterocycles. The number of aromatic amines is 1. The van der Waals surface area contributed by atoms with Gasteiger partial charge in [0, 0.05) is 22.2 Å². The first-order chi connectivity index (χ1) is 9.59. The van der Waals surface area contributed by atoms with E-state index in [0.29, 0.717) is 5.02 Å². The second-order valence-corrected chi connectivity index (χ2v) is 8.09. The number of anilines is 1. The molecule has 21 heavy (non-hydrogen) atoms. The van der Waals surface area contributed by atoms with Gasteiger partial charge in [-0.2, -0.15) is 5.10 Å². The number of benzene rings is 1. The Balaban J connectivity index is 2.31. The van der Waals surface area contributed by atoms with Crippen molar-refractivity contribution in [2.75, 3.05) is 4.72 Å². The van der Waals surface area contributed by atoms with E-state index < -0.39 is 10.0 Å². The van der Waals surface area contributed by atoms with Crippen LogP contribution in [-0.2, 0) is 15.4 Å². The van der Waals surface area contributed by atoms with Gasteiger partial charge in [-0.05, 0) is 18.2 Å². The van der Waals surface area contributed by atoms with Crippen LogP contribution in [0, 0.1) is 0 Å². The molecule has 5 nitrogen and oxygen atoms in total. The Morgan fingerprint density at radius 2 is 1.86 bits per heavy atom. The lowest BCUT2D eigenvalue weighted by Gasteiger charge is -2.14. The number of H-pyrrole nitrogens is 1. The van der Waals surface area contributed by atoms with Crippen LogP contribution in [0.5, 0.6) is 0 Å². The SMILES string of the molecule is CC(C)(C)c1cc(NS(=O)(=O)c2ccc(Cl)cc2Cl)n[nH]1. The van der Waals surface area contributed by atoms with Crippen molar-refractivity contribution >= 4 is 39.0 Å². The molecule has 0 aliphatic rings. The maximum atomic E-state index is 12.3. The number of rotatable bonds is 3. The minimum absolute atomic E-state index is 0.0473. The zero-order valence-electron chi connectivity index (χ0n) is 11.7. The molecule has 0 spiro atoms. The summed E-state index contributed by atoms with van der Waals surface area (Å²) in [4.78, 5) is -0.0473. The summed E-state index contributed by atoms with van der Waals surface area (Å²) in [6.07, 6.45) is 0. The molecule has 0 bridgehead atoms. The predicted octanol–water partition coefficient (Wildman–Crippen LogP) is 3.81. The number of nitrogens with one attached hydrogen (secondary N) is 2. The van der Waals surface area contributed by atoms with E-state index in [2.05, 4.69) is 14.9 Å². The van der Waals surface area contributed by atoms with E-state index in [4.69, 9.17) is 23.2 Å². The van der Waals surface area contributed by atoms with E-state index in [-0.39, 0.29) is 21.2 Å². The van der Waals surface area contributed by atoms with Crippen molar-refractivity contribution in [3.8, 4) is 0 Å². The van der Waals surface area contributed by atoms with E-state index in [0.717, 1.165) is 5.69 Å². The van der Waals surface area contributed by atoms with Crippen molar-refractivity contribution in [1.82, 2.24) is 10.2 Å². The third kappa shape index (κ3) is 3.70. The van der Waals surface area contributed by atoms with Crippen LogP contribution >= 0.6 is 23.2 Å². The van der Waals surface area contributed by atoms with Crippen molar-refractivity contribution in [2.45, 2.75) is 31.1 Å². The fraction of sp³-hybridized carbons (Fsp3) is 0.308. The molecule has 2 N–H and O–H groups in total. The maximum Gasteiger partial charge on any atom is 0.264 e. The molecular weight excluding hydrogens is 333 g/mol. The van der Waals surface area contributed by atoms with Gasteiger partial charge < -0.3 is 0 Å². The first-order valence-electron chi connectivity index (χ1n) is 6.13. The number of hydrogen-bond donors (Lipinski definition) is 2. The molecule has 0 aliphatic heterocycles. The summed E-state index contributed by atoms with van der Waals surface area (Å²) in [6.45, 7) is 5.98. The Bertz CT molecular complexity index is 764. The number of sulfonamides is 1. The van der Waals surface area contributed by atoms with Crippen LogP contribution in [0.25, 0.3) is 0 Å². The van der Waals surface area contributed by atoms with Gasteiger partial charge in [0.05, 0.1) is 5.02 Å². The van der Waals surface area contributed by atoms with Gasteiger partial charge >= 0.3 is 0 Å². The number of nitrogens with zero attached hydrogens (tertiary/aromatic N) is 1. The van der Waals surface area contributed by atoms with Gasteiger partial charge in [-0.3, -0.25) is 9.82 Å². The Labute approximate surface area is 133 Å². The number of aromatic nitrogens is 2. The smallest absolute Gasteiger partial charge is 0.264 e. The van der Waals surface area contributed by atoms with E-state index in [9.17, 15) is 8.42 Å². The van der Waals surface area contributed by atoms with Gasteiger partial charge in [-0.25, -0.2) is 8.42 Å². The quantitative estimate of drug-likeness (QED) is 0.886. The molecule has 0 amide bonds. The molecule has 0 saturated carbocycles. The van der Waals surface area contributed by atoms with Gasteiger partial charge in [-0.15, -0.1) is 0 Å². The number of hydrogen-bond acceptors (Lipinski definition) is 3. The molecule has 0 radical (unpaired) electrons. The largest absolute Gasteiger partial charge is 0.280 e. The molecule has 114 valence electrons. The lowest BCUT2D eigenvalue weighted by Crippen LogP contribution is -2.14. The van der Waals surface area contributed by atoms with Crippen molar-refractivity contribution in [3.05, 3.63) is 40.0 Å². The standard InChI is InChI=1S/C13H15Cl2N3O2S/c1-13(2,3)11-7-12(17-16-11)18-21(19,20)10-5-4-8(14)6-9(10)15/h4-7H,1-3H3,(H2,16,17,18). The summed E-state index contributed by atoms with van der Waals surface area (Å²) in [5.74, 6) is 0.214. The topological polar surface area (TPSA) is 74.8 Å². The van der Waals surface area contributed by atoms with Crippen LogP contribution in [0.1, 0.15) is 26.5 Å². The molecule has 0 unspecified atom stereocenters. The predicted molar refractivity (Wildman–Crippen MR) is 84.6 cm³/mol. The zero-order chi connectivity index (χ0) is 15.8. The summed E-state index contributed by atoms with van der Waals surface area (Å²) in [6, 6.07) is 5.85. The van der Waals surface area contributed by atoms with Crippen LogP contribution in [0.2, 0.25) is 10.0 Å².